The average molecular weight is 646 g/mol. The number of carbonyl (C=O) groups excluding carboxylic acids is 1. The third-order valence-corrected chi connectivity index (χ3v) is 11.0. The molecule has 1 aromatic carbocycles. The van der Waals surface area contributed by atoms with Gasteiger partial charge in [-0.2, -0.15) is 0 Å². The molecule has 3 N–H and O–H groups in total. The first kappa shape index (κ1) is 31.9. The number of anilines is 2. The Bertz CT molecular complexity index is 1440. The highest BCUT2D eigenvalue weighted by Gasteiger charge is 2.38. The number of carboxylic acids is 1. The van der Waals surface area contributed by atoms with Crippen molar-refractivity contribution < 1.29 is 28.9 Å². The molecule has 0 saturated heterocycles. The van der Waals surface area contributed by atoms with E-state index in [1.54, 1.807) is 36.4 Å². The van der Waals surface area contributed by atoms with E-state index in [-0.39, 0.29) is 28.8 Å². The Morgan fingerprint density at radius 3 is 2.33 bits per heavy atom. The molecule has 5 rings (SSSR count). The maximum absolute atomic E-state index is 12.6. The van der Waals surface area contributed by atoms with Gasteiger partial charge in [-0.15, -0.1) is 22.7 Å². The van der Waals surface area contributed by atoms with E-state index in [9.17, 15) is 24.4 Å². The monoisotopic (exact) mass is 645 g/mol. The molecule has 1 unspecified atom stereocenters. The first-order valence-electron chi connectivity index (χ1n) is 14.9. The lowest BCUT2D eigenvalue weighted by Crippen LogP contribution is -2.50. The highest BCUT2D eigenvalue weighted by molar-refractivity contribution is 7.57. The molecular weight excluding hydrogens is 605 g/mol. The van der Waals surface area contributed by atoms with E-state index < -0.39 is 19.6 Å². The zero-order valence-corrected chi connectivity index (χ0v) is 27.3. The Kier molecular flexibility index (Phi) is 10.1. The van der Waals surface area contributed by atoms with Gasteiger partial charge in [0, 0.05) is 41.2 Å². The summed E-state index contributed by atoms with van der Waals surface area (Å²) < 4.78 is 18.1. The summed E-state index contributed by atoms with van der Waals surface area (Å²) in [5.74, 6) is -0.631. The SMILES string of the molecule is CC1CCC(C(O)N(c2cc(-c3ccc(NC(=O)c4cscn4)cc3)sc2C(=O)O)C2CCC(OP(C)(C)=O)CC2)CC1. The summed E-state index contributed by atoms with van der Waals surface area (Å²) in [5, 5.41) is 26.7. The minimum absolute atomic E-state index is 0.0577. The number of hydrogen-bond donors (Lipinski definition) is 3. The molecule has 1 atom stereocenters. The van der Waals surface area contributed by atoms with Gasteiger partial charge >= 0.3 is 5.97 Å². The molecule has 3 aromatic rings. The fourth-order valence-corrected chi connectivity index (χ4v) is 8.72. The van der Waals surface area contributed by atoms with Crippen molar-refractivity contribution in [1.29, 1.82) is 0 Å². The van der Waals surface area contributed by atoms with Crippen LogP contribution in [0.3, 0.4) is 0 Å². The summed E-state index contributed by atoms with van der Waals surface area (Å²) in [5.41, 5.74) is 3.94. The van der Waals surface area contributed by atoms with Crippen molar-refractivity contribution in [1.82, 2.24) is 4.98 Å². The minimum Gasteiger partial charge on any atom is -0.477 e. The predicted molar refractivity (Wildman–Crippen MR) is 173 cm³/mol. The molecule has 43 heavy (non-hydrogen) atoms. The molecule has 0 bridgehead atoms. The number of aromatic carboxylic acids is 1. The second-order valence-electron chi connectivity index (χ2n) is 12.2. The molecule has 9 nitrogen and oxygen atoms in total. The number of carbonyl (C=O) groups is 2. The van der Waals surface area contributed by atoms with Crippen molar-refractivity contribution in [2.45, 2.75) is 76.7 Å². The molecule has 12 heteroatoms. The third-order valence-electron chi connectivity index (χ3n) is 8.48. The zero-order valence-electron chi connectivity index (χ0n) is 24.8. The van der Waals surface area contributed by atoms with Crippen LogP contribution in [0, 0.1) is 11.8 Å². The molecule has 2 aromatic heterocycles. The lowest BCUT2D eigenvalue weighted by Gasteiger charge is -2.44. The van der Waals surface area contributed by atoms with Gasteiger partial charge in [-0.1, -0.05) is 31.9 Å². The Hall–Kier alpha value is -2.56. The van der Waals surface area contributed by atoms with E-state index in [2.05, 4.69) is 17.2 Å². The molecule has 0 radical (unpaired) electrons. The summed E-state index contributed by atoms with van der Waals surface area (Å²) in [6.45, 7) is 5.50. The van der Waals surface area contributed by atoms with Gasteiger partial charge in [-0.3, -0.25) is 9.36 Å². The average Bonchev–Trinajstić information content (AvgIpc) is 3.66. The summed E-state index contributed by atoms with van der Waals surface area (Å²) in [6.07, 6.45) is 5.82. The van der Waals surface area contributed by atoms with Crippen molar-refractivity contribution in [3.63, 3.8) is 0 Å². The van der Waals surface area contributed by atoms with Crippen LogP contribution >= 0.6 is 30.0 Å². The van der Waals surface area contributed by atoms with Crippen molar-refractivity contribution in [3.05, 3.63) is 51.8 Å². The number of amides is 1. The zero-order chi connectivity index (χ0) is 30.7. The van der Waals surface area contributed by atoms with E-state index in [0.29, 0.717) is 48.7 Å². The van der Waals surface area contributed by atoms with Crippen molar-refractivity contribution in [2.24, 2.45) is 11.8 Å². The van der Waals surface area contributed by atoms with Gasteiger partial charge in [0.25, 0.3) is 5.91 Å². The number of hydrogen-bond acceptors (Lipinski definition) is 9. The number of thiophene rings is 1. The van der Waals surface area contributed by atoms with Gasteiger partial charge in [0.2, 0.25) is 0 Å². The number of carboxylic acid groups (broad SMARTS) is 1. The number of nitrogens with one attached hydrogen (secondary N) is 1. The van der Waals surface area contributed by atoms with Gasteiger partial charge in [0.15, 0.2) is 7.37 Å². The molecule has 2 fully saturated rings. The molecule has 2 heterocycles. The Morgan fingerprint density at radius 2 is 1.74 bits per heavy atom. The van der Waals surface area contributed by atoms with Gasteiger partial charge in [0.05, 0.1) is 17.3 Å². The second-order valence-corrected chi connectivity index (χ2v) is 16.6. The van der Waals surface area contributed by atoms with E-state index in [0.717, 1.165) is 36.1 Å². The fourth-order valence-electron chi connectivity index (χ4n) is 6.26. The maximum Gasteiger partial charge on any atom is 0.348 e. The first-order chi connectivity index (χ1) is 20.5. The minimum atomic E-state index is -2.62. The van der Waals surface area contributed by atoms with Crippen LogP contribution < -0.4 is 10.2 Å². The largest absolute Gasteiger partial charge is 0.477 e. The summed E-state index contributed by atoms with van der Waals surface area (Å²) in [6, 6.07) is 9.12. The number of thiazole rings is 1. The van der Waals surface area contributed by atoms with Crippen molar-refractivity contribution in [3.8, 4) is 10.4 Å². The molecule has 2 aliphatic carbocycles. The van der Waals surface area contributed by atoms with Gasteiger partial charge < -0.3 is 25.0 Å². The predicted octanol–water partition coefficient (Wildman–Crippen LogP) is 7.64. The van der Waals surface area contributed by atoms with Crippen LogP contribution in [0.25, 0.3) is 10.4 Å². The molecule has 0 aliphatic heterocycles. The first-order valence-corrected chi connectivity index (χ1v) is 19.1. The van der Waals surface area contributed by atoms with Gasteiger partial charge in [-0.25, -0.2) is 9.78 Å². The van der Waals surface area contributed by atoms with Crippen molar-refractivity contribution in [2.75, 3.05) is 23.5 Å². The highest BCUT2D eigenvalue weighted by Crippen LogP contribution is 2.46. The Balaban J connectivity index is 1.42. The fraction of sp³-hybridized carbons (Fsp3) is 0.516. The van der Waals surface area contributed by atoms with Crippen LogP contribution in [0.2, 0.25) is 0 Å². The Labute approximate surface area is 260 Å². The molecule has 2 aliphatic rings. The van der Waals surface area contributed by atoms with Gasteiger partial charge in [-0.05, 0) is 68.2 Å². The summed E-state index contributed by atoms with van der Waals surface area (Å²) >= 11 is 2.55. The number of nitrogens with zero attached hydrogens (tertiary/aromatic N) is 2. The Morgan fingerprint density at radius 1 is 1.07 bits per heavy atom. The quantitative estimate of drug-likeness (QED) is 0.152. The maximum atomic E-state index is 12.6. The van der Waals surface area contributed by atoms with E-state index in [1.807, 2.05) is 23.1 Å². The van der Waals surface area contributed by atoms with Crippen LogP contribution in [0.1, 0.15) is 78.5 Å². The normalized spacial score (nSPS) is 23.4. The van der Waals surface area contributed by atoms with E-state index in [1.165, 1.54) is 22.7 Å². The molecule has 0 spiro atoms. The molecular formula is C31H40N3O6PS2. The lowest BCUT2D eigenvalue weighted by molar-refractivity contribution is 0.0549. The molecule has 2 saturated carbocycles. The number of benzene rings is 1. The lowest BCUT2D eigenvalue weighted by atomic mass is 9.81. The van der Waals surface area contributed by atoms with E-state index in [4.69, 9.17) is 4.52 Å². The standard InChI is InChI=1S/C31H40N3O6PS2/c1-19-4-6-21(7-5-19)30(36)34(23-12-14-24(15-13-23)40-41(2,3)39)26-16-27(43-28(26)31(37)38)20-8-10-22(11-9-20)33-29(35)25-17-42-18-32-25/h8-11,16-19,21,23-24,30,36H,4-7,12-15H2,1-3H3,(H,33,35)(H,37,38). The van der Waals surface area contributed by atoms with Gasteiger partial charge in [0.1, 0.15) is 16.8 Å². The molecule has 1 amide bonds. The van der Waals surface area contributed by atoms with Crippen molar-refractivity contribution >= 4 is 53.3 Å². The topological polar surface area (TPSA) is 129 Å². The molecule has 232 valence electrons. The summed E-state index contributed by atoms with van der Waals surface area (Å²) in [4.78, 5) is 32.0. The second kappa shape index (κ2) is 13.6. The van der Waals surface area contributed by atoms with E-state index >= 15 is 0 Å². The highest BCUT2D eigenvalue weighted by atomic mass is 32.1. The number of rotatable bonds is 10. The number of aromatic nitrogens is 1. The van der Waals surface area contributed by atoms with Crippen LogP contribution in [0.4, 0.5) is 11.4 Å². The van der Waals surface area contributed by atoms with Crippen LogP contribution in [0.15, 0.2) is 41.2 Å². The third kappa shape index (κ3) is 7.94. The van der Waals surface area contributed by atoms with Crippen LogP contribution in [-0.4, -0.2) is 58.8 Å². The van der Waals surface area contributed by atoms with Crippen LogP contribution in [0.5, 0.6) is 0 Å². The number of aliphatic hydroxyl groups excluding tert-OH is 1. The smallest absolute Gasteiger partial charge is 0.348 e. The summed E-state index contributed by atoms with van der Waals surface area (Å²) in [7, 11) is -2.62. The number of aliphatic hydroxyl groups is 1. The van der Waals surface area contributed by atoms with Crippen LogP contribution in [-0.2, 0) is 9.09 Å².